The molecule has 0 aliphatic heterocycles. The number of hydrogen-bond acceptors (Lipinski definition) is 4. The van der Waals surface area contributed by atoms with E-state index in [-0.39, 0.29) is 11.9 Å². The van der Waals surface area contributed by atoms with Gasteiger partial charge in [0.1, 0.15) is 5.82 Å². The highest BCUT2D eigenvalue weighted by Crippen LogP contribution is 2.21. The summed E-state index contributed by atoms with van der Waals surface area (Å²) in [4.78, 5) is 20.1. The molecule has 5 heteroatoms. The molecule has 0 aromatic carbocycles. The Labute approximate surface area is 281 Å². The number of aryl methyl sites for hydroxylation is 2. The van der Waals surface area contributed by atoms with Gasteiger partial charge in [0, 0.05) is 18.9 Å². The number of unbranched alkanes of at least 4 members (excludes halogenated alkanes) is 19. The van der Waals surface area contributed by atoms with E-state index in [1.165, 1.54) is 167 Å². The highest BCUT2D eigenvalue weighted by molar-refractivity contribution is 5.72. The molecule has 0 spiro atoms. The standard InChI is InChI=1S/C40H77N3O2/c1-5-8-11-14-18-23-29-39(30-24-19-15-12-9-6-2)40(44)45-37-27-22-17-21-26-33-42(32-25-20-16-13-10-7-3)34-28-35-43-36-31-41-38(43)4/h31,36,39H,5-30,32-35,37H2,1-4H3. The fraction of sp³-hybridized carbons (Fsp3) is 0.900. The van der Waals surface area contributed by atoms with Gasteiger partial charge in [-0.15, -0.1) is 0 Å². The molecule has 0 amide bonds. The van der Waals surface area contributed by atoms with Crippen LogP contribution in [0.15, 0.2) is 12.4 Å². The average molecular weight is 632 g/mol. The first kappa shape index (κ1) is 41.7. The van der Waals surface area contributed by atoms with Crippen molar-refractivity contribution in [1.29, 1.82) is 0 Å². The summed E-state index contributed by atoms with van der Waals surface area (Å²) in [5.74, 6) is 1.33. The molecule has 0 fully saturated rings. The minimum absolute atomic E-state index is 0.0911. The van der Waals surface area contributed by atoms with E-state index in [9.17, 15) is 4.79 Å². The van der Waals surface area contributed by atoms with E-state index in [4.69, 9.17) is 4.74 Å². The lowest BCUT2D eigenvalue weighted by Gasteiger charge is -2.22. The Morgan fingerprint density at radius 1 is 0.644 bits per heavy atom. The van der Waals surface area contributed by atoms with Crippen LogP contribution in [-0.4, -0.2) is 46.7 Å². The summed E-state index contributed by atoms with van der Waals surface area (Å²) in [5, 5.41) is 0. The molecule has 1 rings (SSSR count). The number of carbonyl (C=O) groups excluding carboxylic acids is 1. The predicted octanol–water partition coefficient (Wildman–Crippen LogP) is 11.9. The summed E-state index contributed by atoms with van der Waals surface area (Å²) in [7, 11) is 0. The van der Waals surface area contributed by atoms with Crippen molar-refractivity contribution in [2.75, 3.05) is 26.2 Å². The SMILES string of the molecule is CCCCCCCCC(CCCCCCCC)C(=O)OCCCCCCCN(CCCCCCCC)CCCn1ccnc1C. The monoisotopic (exact) mass is 632 g/mol. The van der Waals surface area contributed by atoms with Gasteiger partial charge in [-0.2, -0.15) is 0 Å². The number of hydrogen-bond donors (Lipinski definition) is 0. The highest BCUT2D eigenvalue weighted by Gasteiger charge is 2.19. The predicted molar refractivity (Wildman–Crippen MR) is 195 cm³/mol. The Kier molecular flexibility index (Phi) is 28.9. The maximum Gasteiger partial charge on any atom is 0.308 e. The zero-order valence-electron chi connectivity index (χ0n) is 30.8. The zero-order valence-corrected chi connectivity index (χ0v) is 30.8. The molecule has 5 nitrogen and oxygen atoms in total. The normalized spacial score (nSPS) is 11.7. The fourth-order valence-corrected chi connectivity index (χ4v) is 6.54. The van der Waals surface area contributed by atoms with Crippen LogP contribution in [-0.2, 0) is 16.1 Å². The number of imidazole rings is 1. The summed E-state index contributed by atoms with van der Waals surface area (Å²) in [6.07, 6.45) is 36.9. The molecule has 0 unspecified atom stereocenters. The van der Waals surface area contributed by atoms with Crippen molar-refractivity contribution in [1.82, 2.24) is 14.5 Å². The van der Waals surface area contributed by atoms with E-state index in [1.54, 1.807) is 0 Å². The summed E-state index contributed by atoms with van der Waals surface area (Å²) < 4.78 is 8.13. The molecule has 45 heavy (non-hydrogen) atoms. The van der Waals surface area contributed by atoms with Crippen molar-refractivity contribution in [3.8, 4) is 0 Å². The number of ether oxygens (including phenoxy) is 1. The third kappa shape index (κ3) is 24.5. The van der Waals surface area contributed by atoms with Crippen LogP contribution >= 0.6 is 0 Å². The molecule has 1 aromatic heterocycles. The zero-order chi connectivity index (χ0) is 32.6. The van der Waals surface area contributed by atoms with Crippen molar-refractivity contribution < 1.29 is 9.53 Å². The Hall–Kier alpha value is -1.36. The molecular formula is C40H77N3O2. The number of rotatable bonds is 34. The third-order valence-corrected chi connectivity index (χ3v) is 9.63. The minimum atomic E-state index is 0.0911. The Balaban J connectivity index is 2.28. The minimum Gasteiger partial charge on any atom is -0.465 e. The third-order valence-electron chi connectivity index (χ3n) is 9.63. The van der Waals surface area contributed by atoms with Crippen LogP contribution in [0.25, 0.3) is 0 Å². The summed E-state index contributed by atoms with van der Waals surface area (Å²) >= 11 is 0. The Morgan fingerprint density at radius 2 is 1.09 bits per heavy atom. The lowest BCUT2D eigenvalue weighted by molar-refractivity contribution is -0.149. The van der Waals surface area contributed by atoms with Gasteiger partial charge >= 0.3 is 5.97 Å². The van der Waals surface area contributed by atoms with Gasteiger partial charge in [0.05, 0.1) is 12.5 Å². The molecular weight excluding hydrogens is 554 g/mol. The van der Waals surface area contributed by atoms with E-state index in [0.717, 1.165) is 31.6 Å². The quantitative estimate of drug-likeness (QED) is 0.0561. The second-order valence-corrected chi connectivity index (χ2v) is 13.9. The van der Waals surface area contributed by atoms with Crippen LogP contribution < -0.4 is 0 Å². The first-order chi connectivity index (χ1) is 22.1. The van der Waals surface area contributed by atoms with Crippen LogP contribution in [0.2, 0.25) is 0 Å². The van der Waals surface area contributed by atoms with Crippen molar-refractivity contribution >= 4 is 5.97 Å². The first-order valence-electron chi connectivity index (χ1n) is 20.0. The molecule has 0 saturated carbocycles. The van der Waals surface area contributed by atoms with Crippen LogP contribution in [0.4, 0.5) is 0 Å². The van der Waals surface area contributed by atoms with Crippen LogP contribution in [0.5, 0.6) is 0 Å². The lowest BCUT2D eigenvalue weighted by Crippen LogP contribution is -2.28. The molecule has 0 radical (unpaired) electrons. The van der Waals surface area contributed by atoms with E-state index < -0.39 is 0 Å². The maximum atomic E-state index is 13.0. The number of aromatic nitrogens is 2. The highest BCUT2D eigenvalue weighted by atomic mass is 16.5. The second-order valence-electron chi connectivity index (χ2n) is 13.9. The molecule has 1 aromatic rings. The van der Waals surface area contributed by atoms with Gasteiger partial charge < -0.3 is 14.2 Å². The lowest BCUT2D eigenvalue weighted by atomic mass is 9.94. The number of carbonyl (C=O) groups is 1. The fourth-order valence-electron chi connectivity index (χ4n) is 6.54. The molecule has 0 saturated heterocycles. The van der Waals surface area contributed by atoms with Crippen LogP contribution in [0.3, 0.4) is 0 Å². The van der Waals surface area contributed by atoms with Gasteiger partial charge in [0.15, 0.2) is 0 Å². The van der Waals surface area contributed by atoms with Gasteiger partial charge in [-0.3, -0.25) is 4.79 Å². The van der Waals surface area contributed by atoms with E-state index >= 15 is 0 Å². The molecule has 0 atom stereocenters. The smallest absolute Gasteiger partial charge is 0.308 e. The van der Waals surface area contributed by atoms with Crippen molar-refractivity contribution in [3.05, 3.63) is 18.2 Å². The van der Waals surface area contributed by atoms with Gasteiger partial charge in [-0.1, -0.05) is 149 Å². The van der Waals surface area contributed by atoms with Crippen molar-refractivity contribution in [3.63, 3.8) is 0 Å². The largest absolute Gasteiger partial charge is 0.465 e. The molecule has 264 valence electrons. The summed E-state index contributed by atoms with van der Waals surface area (Å²) in [5.41, 5.74) is 0. The number of nitrogens with zero attached hydrogens (tertiary/aromatic N) is 3. The molecule has 0 aliphatic rings. The van der Waals surface area contributed by atoms with Crippen LogP contribution in [0.1, 0.15) is 194 Å². The molecule has 1 heterocycles. The second kappa shape index (κ2) is 31.3. The van der Waals surface area contributed by atoms with Gasteiger partial charge in [-0.25, -0.2) is 4.98 Å². The molecule has 0 bridgehead atoms. The molecule has 0 aliphatic carbocycles. The topological polar surface area (TPSA) is 47.4 Å². The van der Waals surface area contributed by atoms with E-state index in [0.29, 0.717) is 6.61 Å². The van der Waals surface area contributed by atoms with Gasteiger partial charge in [-0.05, 0) is 65.1 Å². The van der Waals surface area contributed by atoms with Crippen molar-refractivity contribution in [2.45, 2.75) is 201 Å². The Bertz CT molecular complexity index is 748. The maximum absolute atomic E-state index is 13.0. The van der Waals surface area contributed by atoms with Crippen LogP contribution in [0, 0.1) is 12.8 Å². The Morgan fingerprint density at radius 3 is 1.58 bits per heavy atom. The summed E-state index contributed by atoms with van der Waals surface area (Å²) in [6.45, 7) is 14.2. The number of esters is 1. The molecule has 0 N–H and O–H groups in total. The van der Waals surface area contributed by atoms with E-state index in [2.05, 4.69) is 48.3 Å². The van der Waals surface area contributed by atoms with Gasteiger partial charge in [0.2, 0.25) is 0 Å². The average Bonchev–Trinajstić information content (AvgIpc) is 3.45. The van der Waals surface area contributed by atoms with Gasteiger partial charge in [0.25, 0.3) is 0 Å². The van der Waals surface area contributed by atoms with E-state index in [1.807, 2.05) is 6.20 Å². The first-order valence-corrected chi connectivity index (χ1v) is 20.0. The van der Waals surface area contributed by atoms with Crippen molar-refractivity contribution in [2.24, 2.45) is 5.92 Å². The summed E-state index contributed by atoms with van der Waals surface area (Å²) in [6, 6.07) is 0.